The highest BCUT2D eigenvalue weighted by Crippen LogP contribution is 2.26. The van der Waals surface area contributed by atoms with Crippen LogP contribution in [0.15, 0.2) is 53.0 Å². The van der Waals surface area contributed by atoms with E-state index in [1.54, 1.807) is 42.5 Å². The maximum atomic E-state index is 12.2. The second-order valence-electron chi connectivity index (χ2n) is 6.09. The van der Waals surface area contributed by atoms with E-state index in [1.165, 1.54) is 0 Å². The molecule has 2 aromatic rings. The Balaban J connectivity index is 1.86. The van der Waals surface area contributed by atoms with Gasteiger partial charge in [0, 0.05) is 4.47 Å². The van der Waals surface area contributed by atoms with Crippen LogP contribution in [0.4, 0.5) is 4.79 Å². The van der Waals surface area contributed by atoms with Gasteiger partial charge in [-0.1, -0.05) is 40.2 Å². The number of benzene rings is 2. The first-order valence-electron chi connectivity index (χ1n) is 9.12. The predicted molar refractivity (Wildman–Crippen MR) is 114 cm³/mol. The highest BCUT2D eigenvalue weighted by molar-refractivity contribution is 9.10. The Hall–Kier alpha value is -3.27. The Labute approximate surface area is 182 Å². The van der Waals surface area contributed by atoms with Gasteiger partial charge in [-0.05, 0) is 36.8 Å². The van der Waals surface area contributed by atoms with Gasteiger partial charge in [0.1, 0.15) is 0 Å². The molecule has 1 unspecified atom stereocenters. The van der Waals surface area contributed by atoms with Crippen LogP contribution in [0.5, 0.6) is 11.5 Å². The van der Waals surface area contributed by atoms with Crippen molar-refractivity contribution in [3.05, 3.63) is 58.6 Å². The van der Waals surface area contributed by atoms with E-state index in [2.05, 4.69) is 32.1 Å². The van der Waals surface area contributed by atoms with Crippen LogP contribution in [-0.4, -0.2) is 31.1 Å². The molecule has 1 atom stereocenters. The van der Waals surface area contributed by atoms with E-state index in [0.717, 1.165) is 4.47 Å². The van der Waals surface area contributed by atoms with E-state index >= 15 is 0 Å². The Bertz CT molecular complexity index is 893. The number of carbonyl (C=O) groups is 3. The number of hydrogen-bond acceptors (Lipinski definition) is 5. The molecule has 0 saturated carbocycles. The number of ether oxygens (including phenoxy) is 2. The maximum absolute atomic E-state index is 12.2. The molecule has 0 bridgehead atoms. The second kappa shape index (κ2) is 11.7. The molecule has 0 aromatic heterocycles. The van der Waals surface area contributed by atoms with Gasteiger partial charge in [0.05, 0.1) is 19.1 Å². The Morgan fingerprint density at radius 2 is 1.67 bits per heavy atom. The Morgan fingerprint density at radius 1 is 1.00 bits per heavy atom. The Morgan fingerprint density at radius 3 is 2.30 bits per heavy atom. The zero-order chi connectivity index (χ0) is 21.9. The summed E-state index contributed by atoms with van der Waals surface area (Å²) >= 11 is 3.34. The van der Waals surface area contributed by atoms with E-state index in [-0.39, 0.29) is 13.0 Å². The van der Waals surface area contributed by atoms with Gasteiger partial charge in [-0.3, -0.25) is 20.4 Å². The lowest BCUT2D eigenvalue weighted by Crippen LogP contribution is -2.45. The molecule has 10 heteroatoms. The molecule has 0 aliphatic heterocycles. The number of carbonyl (C=O) groups excluding carboxylic acids is 3. The molecule has 4 amide bonds. The summed E-state index contributed by atoms with van der Waals surface area (Å²) < 4.78 is 11.6. The summed E-state index contributed by atoms with van der Waals surface area (Å²) in [6.45, 7) is 1.98. The van der Waals surface area contributed by atoms with Gasteiger partial charge >= 0.3 is 6.03 Å². The van der Waals surface area contributed by atoms with Gasteiger partial charge in [-0.2, -0.15) is 0 Å². The SMILES string of the molecule is CCOc1ccccc1OCC(=O)NNC(=O)CC(NC(N)=O)c1cccc(Br)c1. The van der Waals surface area contributed by atoms with Gasteiger partial charge in [0.15, 0.2) is 18.1 Å². The first kappa shape index (κ1) is 23.0. The topological polar surface area (TPSA) is 132 Å². The fraction of sp³-hybridized carbons (Fsp3) is 0.250. The average molecular weight is 479 g/mol. The van der Waals surface area contributed by atoms with Crippen molar-refractivity contribution < 1.29 is 23.9 Å². The first-order chi connectivity index (χ1) is 14.4. The first-order valence-corrected chi connectivity index (χ1v) is 9.92. The standard InChI is InChI=1S/C20H23BrN4O5/c1-2-29-16-8-3-4-9-17(16)30-12-19(27)25-24-18(26)11-15(23-20(22)28)13-6-5-7-14(21)10-13/h3-10,15H,2,11-12H2,1H3,(H,24,26)(H,25,27)(H3,22,23,28). The molecule has 30 heavy (non-hydrogen) atoms. The number of primary amides is 1. The summed E-state index contributed by atoms with van der Waals surface area (Å²) in [5.41, 5.74) is 10.4. The molecule has 0 radical (unpaired) electrons. The molecular formula is C20H23BrN4O5. The number of para-hydroxylation sites is 2. The van der Waals surface area contributed by atoms with Crippen molar-refractivity contribution in [2.45, 2.75) is 19.4 Å². The van der Waals surface area contributed by atoms with Crippen molar-refractivity contribution in [1.82, 2.24) is 16.2 Å². The van der Waals surface area contributed by atoms with Gasteiger partial charge in [-0.25, -0.2) is 4.79 Å². The highest BCUT2D eigenvalue weighted by atomic mass is 79.9. The normalized spacial score (nSPS) is 11.1. The molecule has 160 valence electrons. The molecule has 2 rings (SSSR count). The van der Waals surface area contributed by atoms with Crippen molar-refractivity contribution in [2.24, 2.45) is 5.73 Å². The van der Waals surface area contributed by atoms with Gasteiger partial charge in [0.2, 0.25) is 5.91 Å². The van der Waals surface area contributed by atoms with Crippen LogP contribution in [0.1, 0.15) is 24.9 Å². The number of halogens is 1. The highest BCUT2D eigenvalue weighted by Gasteiger charge is 2.18. The summed E-state index contributed by atoms with van der Waals surface area (Å²) in [4.78, 5) is 35.5. The third-order valence-electron chi connectivity index (χ3n) is 3.81. The fourth-order valence-corrected chi connectivity index (χ4v) is 2.96. The number of amides is 4. The zero-order valence-electron chi connectivity index (χ0n) is 16.3. The molecule has 2 aromatic carbocycles. The van der Waals surface area contributed by atoms with E-state index in [1.807, 2.05) is 13.0 Å². The number of hydrogen-bond donors (Lipinski definition) is 4. The number of rotatable bonds is 9. The second-order valence-corrected chi connectivity index (χ2v) is 7.00. The van der Waals surface area contributed by atoms with Gasteiger partial charge in [-0.15, -0.1) is 0 Å². The van der Waals surface area contributed by atoms with Crippen LogP contribution >= 0.6 is 15.9 Å². The molecular weight excluding hydrogens is 456 g/mol. The smallest absolute Gasteiger partial charge is 0.312 e. The van der Waals surface area contributed by atoms with Crippen LogP contribution in [-0.2, 0) is 9.59 Å². The largest absolute Gasteiger partial charge is 0.490 e. The molecule has 0 aliphatic carbocycles. The molecule has 0 saturated heterocycles. The molecule has 0 heterocycles. The Kier molecular flexibility index (Phi) is 8.95. The quantitative estimate of drug-likeness (QED) is 0.410. The summed E-state index contributed by atoms with van der Waals surface area (Å²) in [5, 5.41) is 2.51. The predicted octanol–water partition coefficient (Wildman–Crippen LogP) is 2.17. The molecule has 9 nitrogen and oxygen atoms in total. The lowest BCUT2D eigenvalue weighted by Gasteiger charge is -2.18. The molecule has 0 fully saturated rings. The monoisotopic (exact) mass is 478 g/mol. The van der Waals surface area contributed by atoms with Crippen molar-refractivity contribution in [1.29, 1.82) is 0 Å². The van der Waals surface area contributed by atoms with E-state index in [9.17, 15) is 14.4 Å². The van der Waals surface area contributed by atoms with Crippen molar-refractivity contribution in [3.63, 3.8) is 0 Å². The fourth-order valence-electron chi connectivity index (χ4n) is 2.55. The lowest BCUT2D eigenvalue weighted by atomic mass is 10.0. The lowest BCUT2D eigenvalue weighted by molar-refractivity contribution is -0.130. The average Bonchev–Trinajstić information content (AvgIpc) is 2.71. The van der Waals surface area contributed by atoms with Gasteiger partial charge in [0.25, 0.3) is 5.91 Å². The van der Waals surface area contributed by atoms with E-state index < -0.39 is 23.9 Å². The van der Waals surface area contributed by atoms with Crippen LogP contribution in [0.25, 0.3) is 0 Å². The summed E-state index contributed by atoms with van der Waals surface area (Å²) in [7, 11) is 0. The summed E-state index contributed by atoms with van der Waals surface area (Å²) in [6, 6.07) is 12.6. The van der Waals surface area contributed by atoms with Crippen LogP contribution in [0.3, 0.4) is 0 Å². The van der Waals surface area contributed by atoms with Crippen molar-refractivity contribution in [3.8, 4) is 11.5 Å². The van der Waals surface area contributed by atoms with E-state index in [0.29, 0.717) is 23.7 Å². The minimum Gasteiger partial charge on any atom is -0.490 e. The minimum atomic E-state index is -0.766. The number of nitrogens with two attached hydrogens (primary N) is 1. The van der Waals surface area contributed by atoms with Gasteiger partial charge < -0.3 is 20.5 Å². The molecule has 0 spiro atoms. The number of urea groups is 1. The third kappa shape index (κ3) is 7.63. The number of hydrazine groups is 1. The van der Waals surface area contributed by atoms with Crippen LogP contribution < -0.4 is 31.4 Å². The van der Waals surface area contributed by atoms with Crippen LogP contribution in [0, 0.1) is 0 Å². The maximum Gasteiger partial charge on any atom is 0.312 e. The zero-order valence-corrected chi connectivity index (χ0v) is 17.9. The summed E-state index contributed by atoms with van der Waals surface area (Å²) in [5.74, 6) is -0.138. The summed E-state index contributed by atoms with van der Waals surface area (Å²) in [6.07, 6.45) is -0.131. The van der Waals surface area contributed by atoms with Crippen molar-refractivity contribution in [2.75, 3.05) is 13.2 Å². The van der Waals surface area contributed by atoms with E-state index in [4.69, 9.17) is 15.2 Å². The number of nitrogens with one attached hydrogen (secondary N) is 3. The van der Waals surface area contributed by atoms with Crippen LogP contribution in [0.2, 0.25) is 0 Å². The minimum absolute atomic E-state index is 0.131. The third-order valence-corrected chi connectivity index (χ3v) is 4.30. The molecule has 0 aliphatic rings. The van der Waals surface area contributed by atoms with Crippen molar-refractivity contribution >= 4 is 33.8 Å². The molecule has 5 N–H and O–H groups in total.